The lowest BCUT2D eigenvalue weighted by atomic mass is 10.1. The van der Waals surface area contributed by atoms with Gasteiger partial charge in [-0.1, -0.05) is 0 Å². The Morgan fingerprint density at radius 1 is 1.29 bits per heavy atom. The maximum atomic E-state index is 6.09. The molecule has 0 saturated heterocycles. The molecule has 14 heavy (non-hydrogen) atoms. The number of furan rings is 1. The maximum Gasteiger partial charge on any atom is 0.101 e. The summed E-state index contributed by atoms with van der Waals surface area (Å²) in [6, 6.07) is 4.05. The monoisotopic (exact) mass is 207 g/mol. The third-order valence-corrected chi connectivity index (χ3v) is 3.10. The summed E-state index contributed by atoms with van der Waals surface area (Å²) in [6.07, 6.45) is 1.73. The van der Waals surface area contributed by atoms with Gasteiger partial charge in [0, 0.05) is 10.4 Å². The summed E-state index contributed by atoms with van der Waals surface area (Å²) in [6.45, 7) is 4.01. The highest BCUT2D eigenvalue weighted by atomic mass is 32.1. The Morgan fingerprint density at radius 2 is 2.07 bits per heavy atom. The van der Waals surface area contributed by atoms with Crippen LogP contribution in [0.15, 0.2) is 28.2 Å². The molecule has 2 heterocycles. The summed E-state index contributed by atoms with van der Waals surface area (Å²) in [4.78, 5) is 1.29. The minimum atomic E-state index is -0.0580. The SMILES string of the molecule is Cc1cc(C(N)c2csc(C)c2)co1. The van der Waals surface area contributed by atoms with E-state index in [4.69, 9.17) is 10.2 Å². The Labute approximate surface area is 87.4 Å². The molecule has 2 aromatic heterocycles. The highest BCUT2D eigenvalue weighted by Crippen LogP contribution is 2.25. The number of nitrogens with two attached hydrogens (primary N) is 1. The topological polar surface area (TPSA) is 39.2 Å². The average molecular weight is 207 g/mol. The van der Waals surface area contributed by atoms with Gasteiger partial charge in [0.05, 0.1) is 12.3 Å². The Kier molecular flexibility index (Phi) is 2.44. The number of rotatable bonds is 2. The summed E-state index contributed by atoms with van der Waals surface area (Å²) in [5.74, 6) is 0.905. The van der Waals surface area contributed by atoms with Gasteiger partial charge < -0.3 is 10.2 Å². The lowest BCUT2D eigenvalue weighted by Gasteiger charge is -2.05. The molecule has 0 spiro atoms. The molecule has 3 heteroatoms. The van der Waals surface area contributed by atoms with E-state index in [2.05, 4.69) is 18.4 Å². The molecule has 2 rings (SSSR count). The van der Waals surface area contributed by atoms with E-state index in [0.29, 0.717) is 0 Å². The molecule has 0 aliphatic rings. The molecule has 2 nitrogen and oxygen atoms in total. The third-order valence-electron chi connectivity index (χ3n) is 2.22. The van der Waals surface area contributed by atoms with E-state index in [1.54, 1.807) is 17.6 Å². The van der Waals surface area contributed by atoms with Crippen molar-refractivity contribution in [3.8, 4) is 0 Å². The van der Waals surface area contributed by atoms with Crippen LogP contribution in [0.3, 0.4) is 0 Å². The molecule has 0 aliphatic heterocycles. The van der Waals surface area contributed by atoms with Crippen LogP contribution < -0.4 is 5.73 Å². The molecule has 2 N–H and O–H groups in total. The molecule has 0 fully saturated rings. The van der Waals surface area contributed by atoms with E-state index in [0.717, 1.165) is 16.9 Å². The van der Waals surface area contributed by atoms with Crippen molar-refractivity contribution in [2.24, 2.45) is 5.73 Å². The highest BCUT2D eigenvalue weighted by Gasteiger charge is 2.12. The smallest absolute Gasteiger partial charge is 0.101 e. The Bertz CT molecular complexity index is 390. The van der Waals surface area contributed by atoms with Gasteiger partial charge in [-0.15, -0.1) is 11.3 Å². The zero-order chi connectivity index (χ0) is 10.1. The second-order valence-corrected chi connectivity index (χ2v) is 4.57. The van der Waals surface area contributed by atoms with Crippen LogP contribution in [0.25, 0.3) is 0 Å². The van der Waals surface area contributed by atoms with Gasteiger partial charge in [-0.05, 0) is 36.9 Å². The first-order valence-electron chi connectivity index (χ1n) is 4.52. The summed E-state index contributed by atoms with van der Waals surface area (Å²) in [5.41, 5.74) is 8.29. The number of thiophene rings is 1. The van der Waals surface area contributed by atoms with Crippen LogP contribution in [0, 0.1) is 13.8 Å². The molecular weight excluding hydrogens is 194 g/mol. The number of hydrogen-bond acceptors (Lipinski definition) is 3. The van der Waals surface area contributed by atoms with Crippen molar-refractivity contribution < 1.29 is 4.42 Å². The molecule has 1 unspecified atom stereocenters. The van der Waals surface area contributed by atoms with Gasteiger partial charge in [-0.2, -0.15) is 0 Å². The van der Waals surface area contributed by atoms with E-state index in [-0.39, 0.29) is 6.04 Å². The van der Waals surface area contributed by atoms with Gasteiger partial charge >= 0.3 is 0 Å². The zero-order valence-electron chi connectivity index (χ0n) is 8.28. The van der Waals surface area contributed by atoms with Crippen molar-refractivity contribution in [3.05, 3.63) is 45.5 Å². The quantitative estimate of drug-likeness (QED) is 0.822. The lowest BCUT2D eigenvalue weighted by Crippen LogP contribution is -2.09. The van der Waals surface area contributed by atoms with Crippen LogP contribution in [0.1, 0.15) is 27.8 Å². The molecule has 0 bridgehead atoms. The van der Waals surface area contributed by atoms with Crippen molar-refractivity contribution in [2.75, 3.05) is 0 Å². The van der Waals surface area contributed by atoms with Crippen LogP contribution >= 0.6 is 11.3 Å². The van der Waals surface area contributed by atoms with Crippen molar-refractivity contribution in [1.82, 2.24) is 0 Å². The van der Waals surface area contributed by atoms with Crippen molar-refractivity contribution in [3.63, 3.8) is 0 Å². The minimum absolute atomic E-state index is 0.0580. The van der Waals surface area contributed by atoms with Gasteiger partial charge in [0.15, 0.2) is 0 Å². The molecule has 74 valence electrons. The summed E-state index contributed by atoms with van der Waals surface area (Å²) < 4.78 is 5.24. The van der Waals surface area contributed by atoms with Crippen LogP contribution in [0.2, 0.25) is 0 Å². The van der Waals surface area contributed by atoms with Gasteiger partial charge in [-0.25, -0.2) is 0 Å². The van der Waals surface area contributed by atoms with Crippen LogP contribution in [-0.4, -0.2) is 0 Å². The van der Waals surface area contributed by atoms with E-state index >= 15 is 0 Å². The van der Waals surface area contributed by atoms with Crippen molar-refractivity contribution in [2.45, 2.75) is 19.9 Å². The standard InChI is InChI=1S/C11H13NOS/c1-7-3-9(5-13-7)11(12)10-4-8(2)14-6-10/h3-6,11H,12H2,1-2H3. The fraction of sp³-hybridized carbons (Fsp3) is 0.273. The first-order valence-corrected chi connectivity index (χ1v) is 5.40. The number of hydrogen-bond donors (Lipinski definition) is 1. The van der Waals surface area contributed by atoms with E-state index in [9.17, 15) is 0 Å². The molecule has 1 atom stereocenters. The predicted octanol–water partition coefficient (Wildman–Crippen LogP) is 3.01. The van der Waals surface area contributed by atoms with E-state index in [1.807, 2.05) is 13.0 Å². The van der Waals surface area contributed by atoms with Crippen molar-refractivity contribution in [1.29, 1.82) is 0 Å². The fourth-order valence-corrected chi connectivity index (χ4v) is 2.19. The molecule has 2 aromatic rings. The third kappa shape index (κ3) is 1.74. The Hall–Kier alpha value is -1.06. The van der Waals surface area contributed by atoms with Crippen LogP contribution in [-0.2, 0) is 0 Å². The summed E-state index contributed by atoms with van der Waals surface area (Å²) in [7, 11) is 0. The maximum absolute atomic E-state index is 6.09. The normalized spacial score (nSPS) is 13.1. The first kappa shape index (κ1) is 9.49. The molecular formula is C11H13NOS. The Morgan fingerprint density at radius 3 is 2.57 bits per heavy atom. The van der Waals surface area contributed by atoms with E-state index < -0.39 is 0 Å². The fourth-order valence-electron chi connectivity index (χ4n) is 1.45. The second kappa shape index (κ2) is 3.59. The van der Waals surface area contributed by atoms with Gasteiger partial charge in [-0.3, -0.25) is 0 Å². The molecule has 0 radical (unpaired) electrons. The van der Waals surface area contributed by atoms with Gasteiger partial charge in [0.2, 0.25) is 0 Å². The largest absolute Gasteiger partial charge is 0.469 e. The van der Waals surface area contributed by atoms with Crippen LogP contribution in [0.5, 0.6) is 0 Å². The van der Waals surface area contributed by atoms with Crippen LogP contribution in [0.4, 0.5) is 0 Å². The summed E-state index contributed by atoms with van der Waals surface area (Å²) >= 11 is 1.72. The lowest BCUT2D eigenvalue weighted by molar-refractivity contribution is 0.530. The highest BCUT2D eigenvalue weighted by molar-refractivity contribution is 7.10. The average Bonchev–Trinajstić information content (AvgIpc) is 2.73. The summed E-state index contributed by atoms with van der Waals surface area (Å²) in [5, 5.41) is 2.10. The molecule has 0 amide bonds. The first-order chi connectivity index (χ1) is 6.66. The molecule has 0 aromatic carbocycles. The second-order valence-electron chi connectivity index (χ2n) is 3.46. The minimum Gasteiger partial charge on any atom is -0.469 e. The van der Waals surface area contributed by atoms with E-state index in [1.165, 1.54) is 4.88 Å². The molecule has 0 aliphatic carbocycles. The number of aryl methyl sites for hydroxylation is 2. The molecule has 0 saturated carbocycles. The van der Waals surface area contributed by atoms with Gasteiger partial charge in [0.1, 0.15) is 5.76 Å². The zero-order valence-corrected chi connectivity index (χ0v) is 9.10. The van der Waals surface area contributed by atoms with Crippen molar-refractivity contribution >= 4 is 11.3 Å². The Balaban J connectivity index is 2.28. The predicted molar refractivity (Wildman–Crippen MR) is 58.5 cm³/mol. The van der Waals surface area contributed by atoms with Gasteiger partial charge in [0.25, 0.3) is 0 Å².